The molecule has 1 aromatic rings. The van der Waals surface area contributed by atoms with Crippen LogP contribution in [0.1, 0.15) is 38.8 Å². The Balaban J connectivity index is 2.70. The van der Waals surface area contributed by atoms with Crippen LogP contribution in [0.4, 0.5) is 0 Å². The Hall–Kier alpha value is -1.55. The molecule has 1 rings (SSSR count). The van der Waals surface area contributed by atoms with Gasteiger partial charge in [-0.05, 0) is 32.4 Å². The number of aryl methyl sites for hydroxylation is 1. The lowest BCUT2D eigenvalue weighted by Crippen LogP contribution is -2.38. The molecule has 1 aromatic carbocycles. The molecule has 0 aliphatic rings. The highest BCUT2D eigenvalue weighted by Gasteiger charge is 2.16. The maximum absolute atomic E-state index is 12.0. The Labute approximate surface area is 128 Å². The van der Waals surface area contributed by atoms with Gasteiger partial charge in [-0.3, -0.25) is 4.79 Å². The SMILES string of the molecule is CCNCc1cc(C)ccc1OC(C)C(=O)NCC(C)C. The molecule has 0 saturated carbocycles. The van der Waals surface area contributed by atoms with Gasteiger partial charge in [-0.1, -0.05) is 38.5 Å². The predicted molar refractivity (Wildman–Crippen MR) is 86.5 cm³/mol. The molecular formula is C17H28N2O2. The molecule has 0 radical (unpaired) electrons. The van der Waals surface area contributed by atoms with Gasteiger partial charge in [-0.25, -0.2) is 0 Å². The van der Waals surface area contributed by atoms with Crippen molar-refractivity contribution in [1.29, 1.82) is 0 Å². The fourth-order valence-electron chi connectivity index (χ4n) is 1.91. The van der Waals surface area contributed by atoms with Gasteiger partial charge in [-0.15, -0.1) is 0 Å². The molecule has 21 heavy (non-hydrogen) atoms. The zero-order valence-corrected chi connectivity index (χ0v) is 13.8. The Morgan fingerprint density at radius 2 is 2.00 bits per heavy atom. The van der Waals surface area contributed by atoms with Crippen LogP contribution in [0.2, 0.25) is 0 Å². The van der Waals surface area contributed by atoms with Crippen LogP contribution < -0.4 is 15.4 Å². The number of amides is 1. The van der Waals surface area contributed by atoms with Crippen molar-refractivity contribution in [3.05, 3.63) is 29.3 Å². The molecule has 0 heterocycles. The molecule has 0 aliphatic heterocycles. The number of rotatable bonds is 8. The molecule has 4 heteroatoms. The Morgan fingerprint density at radius 3 is 2.62 bits per heavy atom. The Kier molecular flexibility index (Phi) is 7.23. The second kappa shape index (κ2) is 8.67. The van der Waals surface area contributed by atoms with Gasteiger partial charge in [0.25, 0.3) is 5.91 Å². The van der Waals surface area contributed by atoms with E-state index in [0.717, 1.165) is 24.4 Å². The highest BCUT2D eigenvalue weighted by Crippen LogP contribution is 2.21. The van der Waals surface area contributed by atoms with E-state index in [0.29, 0.717) is 12.5 Å². The van der Waals surface area contributed by atoms with Crippen LogP contribution in [-0.2, 0) is 11.3 Å². The van der Waals surface area contributed by atoms with Gasteiger partial charge in [-0.2, -0.15) is 0 Å². The van der Waals surface area contributed by atoms with E-state index < -0.39 is 6.10 Å². The van der Waals surface area contributed by atoms with Crippen molar-refractivity contribution in [1.82, 2.24) is 10.6 Å². The topological polar surface area (TPSA) is 50.4 Å². The standard InChI is InChI=1S/C17H28N2O2/c1-6-18-11-15-9-13(4)7-8-16(15)21-14(5)17(20)19-10-12(2)3/h7-9,12,14,18H,6,10-11H2,1-5H3,(H,19,20). The molecule has 2 N–H and O–H groups in total. The van der Waals surface area contributed by atoms with Crippen LogP contribution in [0.15, 0.2) is 18.2 Å². The molecule has 0 fully saturated rings. The van der Waals surface area contributed by atoms with Crippen LogP contribution in [0.5, 0.6) is 5.75 Å². The largest absolute Gasteiger partial charge is 0.481 e. The van der Waals surface area contributed by atoms with Crippen LogP contribution >= 0.6 is 0 Å². The van der Waals surface area contributed by atoms with E-state index in [1.54, 1.807) is 6.92 Å². The first kappa shape index (κ1) is 17.5. The molecule has 118 valence electrons. The van der Waals surface area contributed by atoms with Crippen LogP contribution in [0.3, 0.4) is 0 Å². The van der Waals surface area contributed by atoms with Crippen molar-refractivity contribution in [3.8, 4) is 5.75 Å². The van der Waals surface area contributed by atoms with Crippen LogP contribution in [0, 0.1) is 12.8 Å². The molecule has 1 amide bonds. The summed E-state index contributed by atoms with van der Waals surface area (Å²) in [5.74, 6) is 1.14. The number of benzene rings is 1. The normalized spacial score (nSPS) is 12.3. The van der Waals surface area contributed by atoms with Crippen molar-refractivity contribution in [2.45, 2.75) is 47.3 Å². The zero-order valence-electron chi connectivity index (χ0n) is 13.8. The highest BCUT2D eigenvalue weighted by atomic mass is 16.5. The quantitative estimate of drug-likeness (QED) is 0.774. The molecule has 0 bridgehead atoms. The predicted octanol–water partition coefficient (Wildman–Crippen LogP) is 2.64. The lowest BCUT2D eigenvalue weighted by Gasteiger charge is -2.18. The third-order valence-corrected chi connectivity index (χ3v) is 3.14. The fraction of sp³-hybridized carbons (Fsp3) is 0.588. The van der Waals surface area contributed by atoms with Gasteiger partial charge in [0.1, 0.15) is 5.75 Å². The van der Waals surface area contributed by atoms with E-state index in [-0.39, 0.29) is 5.91 Å². The number of carbonyl (C=O) groups is 1. The van der Waals surface area contributed by atoms with Gasteiger partial charge in [0.15, 0.2) is 6.10 Å². The first-order valence-electron chi connectivity index (χ1n) is 7.68. The lowest BCUT2D eigenvalue weighted by atomic mass is 10.1. The van der Waals surface area contributed by atoms with E-state index in [4.69, 9.17) is 4.74 Å². The van der Waals surface area contributed by atoms with E-state index in [2.05, 4.69) is 44.4 Å². The van der Waals surface area contributed by atoms with Crippen molar-refractivity contribution in [2.24, 2.45) is 5.92 Å². The van der Waals surface area contributed by atoms with Gasteiger partial charge in [0.05, 0.1) is 0 Å². The number of hydrogen-bond donors (Lipinski definition) is 2. The summed E-state index contributed by atoms with van der Waals surface area (Å²) in [6.45, 7) is 12.4. The second-order valence-electron chi connectivity index (χ2n) is 5.79. The molecule has 1 atom stereocenters. The molecule has 4 nitrogen and oxygen atoms in total. The number of carbonyl (C=O) groups excluding carboxylic acids is 1. The first-order chi connectivity index (χ1) is 9.93. The second-order valence-corrected chi connectivity index (χ2v) is 5.79. The van der Waals surface area contributed by atoms with E-state index in [9.17, 15) is 4.79 Å². The van der Waals surface area contributed by atoms with E-state index in [1.807, 2.05) is 12.1 Å². The number of nitrogens with one attached hydrogen (secondary N) is 2. The van der Waals surface area contributed by atoms with E-state index >= 15 is 0 Å². The summed E-state index contributed by atoms with van der Waals surface area (Å²) in [6.07, 6.45) is -0.494. The minimum absolute atomic E-state index is 0.0707. The molecule has 0 spiro atoms. The summed E-state index contributed by atoms with van der Waals surface area (Å²) in [5, 5.41) is 6.19. The average molecular weight is 292 g/mol. The van der Waals surface area contributed by atoms with Crippen LogP contribution in [0.25, 0.3) is 0 Å². The van der Waals surface area contributed by atoms with Gasteiger partial charge < -0.3 is 15.4 Å². The Bertz CT molecular complexity index is 458. The minimum atomic E-state index is -0.494. The molecule has 1 unspecified atom stereocenters. The molecular weight excluding hydrogens is 264 g/mol. The number of ether oxygens (including phenoxy) is 1. The van der Waals surface area contributed by atoms with Crippen molar-refractivity contribution >= 4 is 5.91 Å². The zero-order chi connectivity index (χ0) is 15.8. The summed E-state index contributed by atoms with van der Waals surface area (Å²) in [4.78, 5) is 12.0. The fourth-order valence-corrected chi connectivity index (χ4v) is 1.91. The lowest BCUT2D eigenvalue weighted by molar-refractivity contribution is -0.127. The third kappa shape index (κ3) is 6.17. The highest BCUT2D eigenvalue weighted by molar-refractivity contribution is 5.80. The van der Waals surface area contributed by atoms with Crippen molar-refractivity contribution < 1.29 is 9.53 Å². The van der Waals surface area contributed by atoms with Gasteiger partial charge in [0, 0.05) is 18.7 Å². The summed E-state index contributed by atoms with van der Waals surface area (Å²) in [6, 6.07) is 6.04. The van der Waals surface area contributed by atoms with Crippen LogP contribution in [-0.4, -0.2) is 25.1 Å². The van der Waals surface area contributed by atoms with Crippen molar-refractivity contribution in [3.63, 3.8) is 0 Å². The number of hydrogen-bond acceptors (Lipinski definition) is 3. The average Bonchev–Trinajstić information content (AvgIpc) is 2.44. The van der Waals surface area contributed by atoms with E-state index in [1.165, 1.54) is 5.56 Å². The smallest absolute Gasteiger partial charge is 0.260 e. The monoisotopic (exact) mass is 292 g/mol. The summed E-state index contributed by atoms with van der Waals surface area (Å²) in [7, 11) is 0. The van der Waals surface area contributed by atoms with Gasteiger partial charge >= 0.3 is 0 Å². The van der Waals surface area contributed by atoms with Gasteiger partial charge in [0.2, 0.25) is 0 Å². The van der Waals surface area contributed by atoms with Crippen molar-refractivity contribution in [2.75, 3.05) is 13.1 Å². The molecule has 0 aromatic heterocycles. The maximum atomic E-state index is 12.0. The summed E-state index contributed by atoms with van der Waals surface area (Å²) < 4.78 is 5.84. The molecule has 0 saturated heterocycles. The molecule has 0 aliphatic carbocycles. The first-order valence-corrected chi connectivity index (χ1v) is 7.68. The maximum Gasteiger partial charge on any atom is 0.260 e. The minimum Gasteiger partial charge on any atom is -0.481 e. The Morgan fingerprint density at radius 1 is 1.29 bits per heavy atom. The summed E-state index contributed by atoms with van der Waals surface area (Å²) in [5.41, 5.74) is 2.27. The third-order valence-electron chi connectivity index (χ3n) is 3.14. The summed E-state index contributed by atoms with van der Waals surface area (Å²) >= 11 is 0.